The summed E-state index contributed by atoms with van der Waals surface area (Å²) in [7, 11) is 1.51. The van der Waals surface area contributed by atoms with E-state index in [9.17, 15) is 5.11 Å². The molecule has 1 saturated heterocycles. The predicted molar refractivity (Wildman–Crippen MR) is 97.4 cm³/mol. The van der Waals surface area contributed by atoms with Crippen molar-refractivity contribution in [1.82, 2.24) is 0 Å². The van der Waals surface area contributed by atoms with Gasteiger partial charge in [-0.25, -0.2) is 0 Å². The van der Waals surface area contributed by atoms with E-state index in [1.54, 1.807) is 0 Å². The van der Waals surface area contributed by atoms with Crippen molar-refractivity contribution in [3.05, 3.63) is 71.8 Å². The monoisotopic (exact) mass is 358 g/mol. The van der Waals surface area contributed by atoms with Crippen LogP contribution in [0.5, 0.6) is 0 Å². The fourth-order valence-corrected chi connectivity index (χ4v) is 3.14. The molecule has 0 aromatic heterocycles. The van der Waals surface area contributed by atoms with Crippen LogP contribution in [0.15, 0.2) is 60.7 Å². The van der Waals surface area contributed by atoms with E-state index in [4.69, 9.17) is 18.9 Å². The maximum Gasteiger partial charge on any atom is 0.186 e. The summed E-state index contributed by atoms with van der Waals surface area (Å²) >= 11 is 0. The van der Waals surface area contributed by atoms with Gasteiger partial charge in [0.15, 0.2) is 6.29 Å². The minimum Gasteiger partial charge on any atom is -0.385 e. The van der Waals surface area contributed by atoms with Crippen molar-refractivity contribution in [1.29, 1.82) is 0 Å². The second-order valence-corrected chi connectivity index (χ2v) is 6.46. The maximum absolute atomic E-state index is 10.6. The fraction of sp³-hybridized carbons (Fsp3) is 0.429. The molecule has 140 valence electrons. The molecule has 26 heavy (non-hydrogen) atoms. The smallest absolute Gasteiger partial charge is 0.186 e. The number of hydrogen-bond donors (Lipinski definition) is 1. The highest BCUT2D eigenvalue weighted by molar-refractivity contribution is 5.14. The quantitative estimate of drug-likeness (QED) is 0.825. The highest BCUT2D eigenvalue weighted by Crippen LogP contribution is 2.27. The molecule has 0 unspecified atom stereocenters. The first-order valence-electron chi connectivity index (χ1n) is 8.86. The average Bonchev–Trinajstić information content (AvgIpc) is 2.69. The van der Waals surface area contributed by atoms with E-state index in [0.717, 1.165) is 11.1 Å². The first kappa shape index (κ1) is 19.0. The van der Waals surface area contributed by atoms with Gasteiger partial charge in [-0.1, -0.05) is 60.7 Å². The third-order valence-corrected chi connectivity index (χ3v) is 4.55. The average molecular weight is 358 g/mol. The number of hydrogen-bond acceptors (Lipinski definition) is 5. The molecule has 5 heteroatoms. The minimum atomic E-state index is -0.930. The summed E-state index contributed by atoms with van der Waals surface area (Å²) in [5.41, 5.74) is 2.10. The van der Waals surface area contributed by atoms with Crippen LogP contribution in [0, 0.1) is 0 Å². The summed E-state index contributed by atoms with van der Waals surface area (Å²) in [6, 6.07) is 19.8. The lowest BCUT2D eigenvalue weighted by Crippen LogP contribution is -2.58. The zero-order valence-corrected chi connectivity index (χ0v) is 15.2. The summed E-state index contributed by atoms with van der Waals surface area (Å²) in [6.07, 6.45) is -2.89. The second kappa shape index (κ2) is 9.26. The molecule has 2 aromatic rings. The third-order valence-electron chi connectivity index (χ3n) is 4.55. The Kier molecular flexibility index (Phi) is 6.77. The van der Waals surface area contributed by atoms with Crippen LogP contribution in [0.3, 0.4) is 0 Å². The minimum absolute atomic E-state index is 0.271. The van der Waals surface area contributed by atoms with Crippen LogP contribution in [0.1, 0.15) is 18.1 Å². The zero-order valence-electron chi connectivity index (χ0n) is 15.2. The predicted octanol–water partition coefficient (Wildman–Crippen LogP) is 2.91. The molecule has 0 spiro atoms. The first-order valence-corrected chi connectivity index (χ1v) is 8.86. The molecule has 0 amide bonds. The molecule has 5 nitrogen and oxygen atoms in total. The van der Waals surface area contributed by atoms with E-state index in [-0.39, 0.29) is 6.10 Å². The van der Waals surface area contributed by atoms with E-state index >= 15 is 0 Å². The maximum atomic E-state index is 10.6. The van der Waals surface area contributed by atoms with Crippen LogP contribution in [-0.2, 0) is 32.2 Å². The second-order valence-electron chi connectivity index (χ2n) is 6.46. The summed E-state index contributed by atoms with van der Waals surface area (Å²) in [6.45, 7) is 2.72. The molecule has 0 radical (unpaired) electrons. The Balaban J connectivity index is 1.69. The molecule has 2 aromatic carbocycles. The lowest BCUT2D eigenvalue weighted by molar-refractivity contribution is -0.303. The normalized spacial score (nSPS) is 28.8. The van der Waals surface area contributed by atoms with Crippen molar-refractivity contribution in [3.63, 3.8) is 0 Å². The van der Waals surface area contributed by atoms with E-state index in [2.05, 4.69) is 0 Å². The van der Waals surface area contributed by atoms with Crippen molar-refractivity contribution in [3.8, 4) is 0 Å². The summed E-state index contributed by atoms with van der Waals surface area (Å²) in [5, 5.41) is 10.6. The van der Waals surface area contributed by atoms with Crippen molar-refractivity contribution in [2.24, 2.45) is 0 Å². The van der Waals surface area contributed by atoms with Crippen LogP contribution in [0.25, 0.3) is 0 Å². The molecule has 5 atom stereocenters. The van der Waals surface area contributed by atoms with Gasteiger partial charge in [0.2, 0.25) is 0 Å². The van der Waals surface area contributed by atoms with Gasteiger partial charge in [0.05, 0.1) is 19.3 Å². The Bertz CT molecular complexity index is 648. The molecule has 1 aliphatic heterocycles. The lowest BCUT2D eigenvalue weighted by Gasteiger charge is -2.42. The van der Waals surface area contributed by atoms with Gasteiger partial charge in [0.25, 0.3) is 0 Å². The number of benzene rings is 2. The number of methoxy groups -OCH3 is 1. The molecule has 1 N–H and O–H groups in total. The summed E-state index contributed by atoms with van der Waals surface area (Å²) < 4.78 is 23.1. The highest BCUT2D eigenvalue weighted by atomic mass is 16.7. The molecular formula is C21H26O5. The van der Waals surface area contributed by atoms with Crippen molar-refractivity contribution >= 4 is 0 Å². The standard InChI is InChI=1S/C21H26O5/c1-15-19(24-13-16-9-5-3-6-10-16)20(18(22)21(23-2)26-15)25-14-17-11-7-4-8-12-17/h3-12,15,18-22H,13-14H2,1-2H3/t15-,18+,19-,20-,21+/m1/s1. The van der Waals surface area contributed by atoms with Gasteiger partial charge >= 0.3 is 0 Å². The van der Waals surface area contributed by atoms with Crippen molar-refractivity contribution in [2.45, 2.75) is 50.8 Å². The third kappa shape index (κ3) is 4.69. The van der Waals surface area contributed by atoms with Crippen LogP contribution in [-0.4, -0.2) is 42.9 Å². The van der Waals surface area contributed by atoms with Crippen LogP contribution in [0.2, 0.25) is 0 Å². The van der Waals surface area contributed by atoms with E-state index < -0.39 is 24.6 Å². The molecular weight excluding hydrogens is 332 g/mol. The van der Waals surface area contributed by atoms with Gasteiger partial charge in [-0.3, -0.25) is 0 Å². The highest BCUT2D eigenvalue weighted by Gasteiger charge is 2.45. The van der Waals surface area contributed by atoms with E-state index in [1.807, 2.05) is 67.6 Å². The molecule has 3 rings (SSSR count). The van der Waals surface area contributed by atoms with Gasteiger partial charge in [-0.05, 0) is 18.1 Å². The van der Waals surface area contributed by atoms with Crippen LogP contribution in [0.4, 0.5) is 0 Å². The van der Waals surface area contributed by atoms with Gasteiger partial charge in [-0.15, -0.1) is 0 Å². The van der Waals surface area contributed by atoms with Gasteiger partial charge in [-0.2, -0.15) is 0 Å². The lowest BCUT2D eigenvalue weighted by atomic mass is 9.99. The van der Waals surface area contributed by atoms with Crippen LogP contribution >= 0.6 is 0 Å². The van der Waals surface area contributed by atoms with E-state index in [0.29, 0.717) is 13.2 Å². The van der Waals surface area contributed by atoms with Gasteiger partial charge < -0.3 is 24.1 Å². The number of aliphatic hydroxyl groups is 1. The largest absolute Gasteiger partial charge is 0.385 e. The Morgan fingerprint density at radius 2 is 1.35 bits per heavy atom. The molecule has 1 fully saturated rings. The Morgan fingerprint density at radius 1 is 0.846 bits per heavy atom. The SMILES string of the molecule is CO[C@H]1O[C@H](C)[C@@H](OCc2ccccc2)[C@H](OCc2ccccc2)[C@@H]1O. The zero-order chi connectivity index (χ0) is 18.4. The molecule has 0 bridgehead atoms. The van der Waals surface area contributed by atoms with E-state index in [1.165, 1.54) is 7.11 Å². The number of rotatable bonds is 7. The molecule has 1 aliphatic rings. The Hall–Kier alpha value is -1.76. The summed E-state index contributed by atoms with van der Waals surface area (Å²) in [5.74, 6) is 0. The summed E-state index contributed by atoms with van der Waals surface area (Å²) in [4.78, 5) is 0. The molecule has 0 saturated carbocycles. The fourth-order valence-electron chi connectivity index (χ4n) is 3.14. The van der Waals surface area contributed by atoms with Gasteiger partial charge in [0, 0.05) is 7.11 Å². The van der Waals surface area contributed by atoms with Crippen molar-refractivity contribution < 1.29 is 24.1 Å². The number of ether oxygens (including phenoxy) is 4. The van der Waals surface area contributed by atoms with Crippen LogP contribution < -0.4 is 0 Å². The molecule has 1 heterocycles. The molecule has 0 aliphatic carbocycles. The number of aliphatic hydroxyl groups excluding tert-OH is 1. The van der Waals surface area contributed by atoms with Gasteiger partial charge in [0.1, 0.15) is 18.3 Å². The Morgan fingerprint density at radius 3 is 1.85 bits per heavy atom. The Labute approximate surface area is 154 Å². The van der Waals surface area contributed by atoms with Crippen molar-refractivity contribution in [2.75, 3.05) is 7.11 Å². The first-order chi connectivity index (χ1) is 12.7. The topological polar surface area (TPSA) is 57.2 Å².